The molecule has 4 heteroatoms. The first-order valence-corrected chi connectivity index (χ1v) is 4.32. The van der Waals surface area contributed by atoms with Crippen LogP contribution >= 0.6 is 0 Å². The Morgan fingerprint density at radius 2 is 1.67 bits per heavy atom. The quantitative estimate of drug-likeness (QED) is 0.493. The van der Waals surface area contributed by atoms with Crippen LogP contribution < -0.4 is 0 Å². The molecule has 1 aliphatic rings. The number of hydrogen-bond acceptors (Lipinski definition) is 4. The Hall–Kier alpha value is -0.160. The summed E-state index contributed by atoms with van der Waals surface area (Å²) in [7, 11) is 1.81. The van der Waals surface area contributed by atoms with E-state index in [1.807, 2.05) is 18.9 Å². The minimum atomic E-state index is -0.815. The third-order valence-corrected chi connectivity index (χ3v) is 2.79. The number of aliphatic hydroxyl groups is 3. The van der Waals surface area contributed by atoms with Crippen LogP contribution in [0.15, 0.2) is 0 Å². The van der Waals surface area contributed by atoms with Crippen LogP contribution in [0.1, 0.15) is 13.3 Å². The summed E-state index contributed by atoms with van der Waals surface area (Å²) in [5, 5.41) is 27.9. The van der Waals surface area contributed by atoms with Crippen molar-refractivity contribution in [1.29, 1.82) is 0 Å². The monoisotopic (exact) mass is 175 g/mol. The second-order valence-corrected chi connectivity index (χ2v) is 3.37. The van der Waals surface area contributed by atoms with Gasteiger partial charge in [0.15, 0.2) is 0 Å². The van der Waals surface area contributed by atoms with Crippen molar-refractivity contribution in [1.82, 2.24) is 4.90 Å². The van der Waals surface area contributed by atoms with E-state index in [0.717, 1.165) is 6.42 Å². The van der Waals surface area contributed by atoms with Crippen molar-refractivity contribution in [3.8, 4) is 0 Å². The van der Waals surface area contributed by atoms with E-state index in [-0.39, 0.29) is 18.7 Å². The molecular weight excluding hydrogens is 158 g/mol. The first-order chi connectivity index (χ1) is 5.63. The van der Waals surface area contributed by atoms with Crippen molar-refractivity contribution < 1.29 is 15.3 Å². The predicted octanol–water partition coefficient (Wildman–Crippen LogP) is -1.21. The highest BCUT2D eigenvalue weighted by molar-refractivity contribution is 4.98. The van der Waals surface area contributed by atoms with Crippen LogP contribution in [0.2, 0.25) is 0 Å². The van der Waals surface area contributed by atoms with E-state index in [9.17, 15) is 10.2 Å². The zero-order chi connectivity index (χ0) is 9.30. The van der Waals surface area contributed by atoms with Crippen LogP contribution in [-0.4, -0.2) is 58.2 Å². The molecule has 0 radical (unpaired) electrons. The van der Waals surface area contributed by atoms with E-state index in [0.29, 0.717) is 0 Å². The highest BCUT2D eigenvalue weighted by Crippen LogP contribution is 2.24. The first-order valence-electron chi connectivity index (χ1n) is 4.32. The minimum absolute atomic E-state index is 0.0304. The molecule has 4 atom stereocenters. The van der Waals surface area contributed by atoms with Gasteiger partial charge in [0, 0.05) is 6.04 Å². The van der Waals surface area contributed by atoms with Gasteiger partial charge in [-0.2, -0.15) is 0 Å². The summed E-state index contributed by atoms with van der Waals surface area (Å²) < 4.78 is 0. The maximum atomic E-state index is 9.53. The Morgan fingerprint density at radius 1 is 1.17 bits per heavy atom. The summed E-state index contributed by atoms with van der Waals surface area (Å²) in [6, 6.07) is -0.345. The van der Waals surface area contributed by atoms with Gasteiger partial charge in [-0.05, 0) is 13.5 Å². The molecule has 0 aromatic heterocycles. The fraction of sp³-hybridized carbons (Fsp3) is 1.00. The van der Waals surface area contributed by atoms with Crippen LogP contribution in [-0.2, 0) is 0 Å². The molecule has 0 aliphatic carbocycles. The SMILES string of the molecule is CC[C@@H]1[C@@H](O)[C@H](O)[C@@H](CO)N1C. The van der Waals surface area contributed by atoms with Gasteiger partial charge in [-0.25, -0.2) is 0 Å². The third kappa shape index (κ3) is 1.35. The largest absolute Gasteiger partial charge is 0.395 e. The third-order valence-electron chi connectivity index (χ3n) is 2.79. The lowest BCUT2D eigenvalue weighted by Crippen LogP contribution is -2.38. The van der Waals surface area contributed by atoms with Gasteiger partial charge in [-0.3, -0.25) is 4.90 Å². The highest BCUT2D eigenvalue weighted by atomic mass is 16.3. The van der Waals surface area contributed by atoms with E-state index in [1.54, 1.807) is 0 Å². The van der Waals surface area contributed by atoms with Gasteiger partial charge in [0.05, 0.1) is 24.9 Å². The molecule has 3 N–H and O–H groups in total. The molecule has 0 amide bonds. The Morgan fingerprint density at radius 3 is 1.92 bits per heavy atom. The summed E-state index contributed by atoms with van der Waals surface area (Å²) in [5.41, 5.74) is 0. The van der Waals surface area contributed by atoms with Gasteiger partial charge >= 0.3 is 0 Å². The summed E-state index contributed by atoms with van der Waals surface area (Å²) in [6.45, 7) is 1.85. The van der Waals surface area contributed by atoms with E-state index in [2.05, 4.69) is 0 Å². The lowest BCUT2D eigenvalue weighted by Gasteiger charge is -2.23. The molecule has 0 saturated carbocycles. The zero-order valence-corrected chi connectivity index (χ0v) is 7.51. The molecule has 4 nitrogen and oxygen atoms in total. The van der Waals surface area contributed by atoms with Gasteiger partial charge in [0.2, 0.25) is 0 Å². The van der Waals surface area contributed by atoms with Crippen LogP contribution in [0.4, 0.5) is 0 Å². The number of hydrogen-bond donors (Lipinski definition) is 3. The number of nitrogens with zero attached hydrogens (tertiary/aromatic N) is 1. The summed E-state index contributed by atoms with van der Waals surface area (Å²) >= 11 is 0. The Bertz CT molecular complexity index is 137. The van der Waals surface area contributed by atoms with Crippen molar-refractivity contribution >= 4 is 0 Å². The number of rotatable bonds is 2. The molecule has 0 unspecified atom stereocenters. The lowest BCUT2D eigenvalue weighted by atomic mass is 10.1. The molecule has 1 heterocycles. The lowest BCUT2D eigenvalue weighted by molar-refractivity contribution is 0.0183. The maximum absolute atomic E-state index is 9.53. The summed E-state index contributed by atoms with van der Waals surface area (Å²) in [5.74, 6) is 0. The topological polar surface area (TPSA) is 63.9 Å². The van der Waals surface area contributed by atoms with Crippen molar-refractivity contribution in [3.63, 3.8) is 0 Å². The molecule has 0 spiro atoms. The Labute approximate surface area is 72.4 Å². The molecule has 0 aromatic rings. The molecular formula is C8H17NO3. The van der Waals surface area contributed by atoms with Gasteiger partial charge in [0.25, 0.3) is 0 Å². The summed E-state index contributed by atoms with van der Waals surface area (Å²) in [6.07, 6.45) is -0.757. The van der Waals surface area contributed by atoms with Crippen molar-refractivity contribution in [2.45, 2.75) is 37.6 Å². The molecule has 1 fully saturated rings. The number of aliphatic hydroxyl groups excluding tert-OH is 3. The van der Waals surface area contributed by atoms with E-state index in [1.165, 1.54) is 0 Å². The van der Waals surface area contributed by atoms with Gasteiger partial charge in [-0.1, -0.05) is 6.92 Å². The van der Waals surface area contributed by atoms with Crippen LogP contribution in [0, 0.1) is 0 Å². The smallest absolute Gasteiger partial charge is 0.0991 e. The molecule has 0 bridgehead atoms. The number of likely N-dealkylation sites (tertiary alicyclic amines) is 1. The van der Waals surface area contributed by atoms with Crippen LogP contribution in [0.3, 0.4) is 0 Å². The van der Waals surface area contributed by atoms with E-state index < -0.39 is 12.2 Å². The van der Waals surface area contributed by atoms with Gasteiger partial charge < -0.3 is 15.3 Å². The average molecular weight is 175 g/mol. The van der Waals surface area contributed by atoms with Crippen molar-refractivity contribution in [3.05, 3.63) is 0 Å². The van der Waals surface area contributed by atoms with E-state index in [4.69, 9.17) is 5.11 Å². The minimum Gasteiger partial charge on any atom is -0.395 e. The second-order valence-electron chi connectivity index (χ2n) is 3.37. The summed E-state index contributed by atoms with van der Waals surface area (Å²) in [4.78, 5) is 1.84. The fourth-order valence-corrected chi connectivity index (χ4v) is 1.95. The van der Waals surface area contributed by atoms with E-state index >= 15 is 0 Å². The predicted molar refractivity (Wildman–Crippen MR) is 44.7 cm³/mol. The first kappa shape index (κ1) is 9.92. The van der Waals surface area contributed by atoms with Gasteiger partial charge in [0.1, 0.15) is 0 Å². The molecule has 12 heavy (non-hydrogen) atoms. The average Bonchev–Trinajstić information content (AvgIpc) is 2.25. The highest BCUT2D eigenvalue weighted by Gasteiger charge is 2.44. The van der Waals surface area contributed by atoms with Crippen LogP contribution in [0.25, 0.3) is 0 Å². The molecule has 72 valence electrons. The maximum Gasteiger partial charge on any atom is 0.0991 e. The molecule has 1 rings (SSSR count). The standard InChI is InChI=1S/C8H17NO3/c1-3-5-7(11)8(12)6(4-10)9(5)2/h5-8,10-12H,3-4H2,1-2H3/t5-,6-,7-,8-/m1/s1. The van der Waals surface area contributed by atoms with Gasteiger partial charge in [-0.15, -0.1) is 0 Å². The molecule has 1 aliphatic heterocycles. The Kier molecular flexibility index (Phi) is 3.06. The molecule has 1 saturated heterocycles. The zero-order valence-electron chi connectivity index (χ0n) is 7.51. The normalized spacial score (nSPS) is 43.8. The van der Waals surface area contributed by atoms with Crippen molar-refractivity contribution in [2.75, 3.05) is 13.7 Å². The second kappa shape index (κ2) is 3.70. The Balaban J connectivity index is 2.71. The van der Waals surface area contributed by atoms with Crippen molar-refractivity contribution in [2.24, 2.45) is 0 Å². The van der Waals surface area contributed by atoms with Crippen LogP contribution in [0.5, 0.6) is 0 Å². The number of likely N-dealkylation sites (N-methyl/N-ethyl adjacent to an activating group) is 1. The molecule has 0 aromatic carbocycles. The fourth-order valence-electron chi connectivity index (χ4n) is 1.95.